The lowest BCUT2D eigenvalue weighted by molar-refractivity contribution is -0.143. The van der Waals surface area contributed by atoms with Crippen LogP contribution in [-0.2, 0) is 20.9 Å². The van der Waals surface area contributed by atoms with E-state index >= 15 is 0 Å². The van der Waals surface area contributed by atoms with Crippen LogP contribution >= 0.6 is 0 Å². The zero-order valence-corrected chi connectivity index (χ0v) is 16.9. The molecular formula is C18H22F3N7O3. The molecule has 0 atom stereocenters. The van der Waals surface area contributed by atoms with Crippen LogP contribution in [0.2, 0.25) is 0 Å². The number of hydrogen-bond donors (Lipinski definition) is 0. The summed E-state index contributed by atoms with van der Waals surface area (Å²) in [6.45, 7) is 2.99. The minimum atomic E-state index is -4.47. The first kappa shape index (κ1) is 21.3. The van der Waals surface area contributed by atoms with E-state index in [1.165, 1.54) is 18.2 Å². The average Bonchev–Trinajstić information content (AvgIpc) is 3.11. The predicted molar refractivity (Wildman–Crippen MR) is 104 cm³/mol. The maximum absolute atomic E-state index is 13.4. The highest BCUT2D eigenvalue weighted by molar-refractivity contribution is 6.35. The first-order chi connectivity index (χ1) is 14.7. The van der Waals surface area contributed by atoms with Gasteiger partial charge in [-0.3, -0.25) is 14.2 Å². The Balaban J connectivity index is 1.69. The van der Waals surface area contributed by atoms with Crippen LogP contribution in [0.25, 0.3) is 11.2 Å². The second kappa shape index (κ2) is 8.29. The molecule has 0 bridgehead atoms. The third kappa shape index (κ3) is 4.40. The number of nitrogens with zero attached hydrogens (tertiary/aromatic N) is 7. The molecular weight excluding hydrogens is 419 g/mol. The summed E-state index contributed by atoms with van der Waals surface area (Å²) in [6.07, 6.45) is -3.23. The standard InChI is InChI=1S/C18H22F3N7O3/c1-12(29)16(30)26-2-4-27(5-3-26)17-24-13-14(25-6-8-31-9-7-25)22-11-23-15(13)28(17)10-18(19,20)21/h11H,2-10H2,1H3. The lowest BCUT2D eigenvalue weighted by atomic mass is 10.3. The van der Waals surface area contributed by atoms with E-state index in [-0.39, 0.29) is 37.8 Å². The van der Waals surface area contributed by atoms with E-state index in [0.29, 0.717) is 37.6 Å². The average molecular weight is 441 g/mol. The highest BCUT2D eigenvalue weighted by Crippen LogP contribution is 2.31. The Morgan fingerprint density at radius 3 is 2.32 bits per heavy atom. The van der Waals surface area contributed by atoms with Crippen LogP contribution in [0.3, 0.4) is 0 Å². The molecule has 2 aromatic heterocycles. The highest BCUT2D eigenvalue weighted by Gasteiger charge is 2.34. The molecule has 2 aliphatic rings. The Kier molecular flexibility index (Phi) is 5.69. The Bertz CT molecular complexity index is 980. The Morgan fingerprint density at radius 2 is 1.71 bits per heavy atom. The minimum Gasteiger partial charge on any atom is -0.378 e. The second-order valence-corrected chi connectivity index (χ2v) is 7.42. The summed E-state index contributed by atoms with van der Waals surface area (Å²) in [6, 6.07) is 0. The van der Waals surface area contributed by atoms with Gasteiger partial charge in [0, 0.05) is 46.2 Å². The maximum Gasteiger partial charge on any atom is 0.406 e. The zero-order chi connectivity index (χ0) is 22.2. The number of piperazine rings is 1. The van der Waals surface area contributed by atoms with Gasteiger partial charge in [0.05, 0.1) is 13.2 Å². The van der Waals surface area contributed by atoms with E-state index in [4.69, 9.17) is 4.74 Å². The molecule has 4 rings (SSSR count). The molecule has 0 N–H and O–H groups in total. The molecule has 4 heterocycles. The van der Waals surface area contributed by atoms with E-state index in [0.717, 1.165) is 4.57 Å². The van der Waals surface area contributed by atoms with Crippen molar-refractivity contribution in [1.29, 1.82) is 0 Å². The molecule has 0 aromatic carbocycles. The summed E-state index contributed by atoms with van der Waals surface area (Å²) in [5.41, 5.74) is 0.400. The molecule has 0 radical (unpaired) electrons. The number of Topliss-reactive ketones (excluding diaryl/α,β-unsaturated/α-hetero) is 1. The molecule has 2 aliphatic heterocycles. The number of rotatable bonds is 4. The number of anilines is 2. The summed E-state index contributed by atoms with van der Waals surface area (Å²) in [4.78, 5) is 41.1. The van der Waals surface area contributed by atoms with Crippen LogP contribution in [0.5, 0.6) is 0 Å². The number of carbonyl (C=O) groups excluding carboxylic acids is 2. The van der Waals surface area contributed by atoms with E-state index in [1.54, 1.807) is 4.90 Å². The number of imidazole rings is 1. The summed E-state index contributed by atoms with van der Waals surface area (Å²) in [7, 11) is 0. The maximum atomic E-state index is 13.4. The van der Waals surface area contributed by atoms with Crippen molar-refractivity contribution in [2.45, 2.75) is 19.6 Å². The molecule has 10 nitrogen and oxygen atoms in total. The van der Waals surface area contributed by atoms with Crippen molar-refractivity contribution in [1.82, 2.24) is 24.4 Å². The monoisotopic (exact) mass is 441 g/mol. The smallest absolute Gasteiger partial charge is 0.378 e. The number of aromatic nitrogens is 4. The summed E-state index contributed by atoms with van der Waals surface area (Å²) < 4.78 is 46.5. The van der Waals surface area contributed by atoms with Crippen molar-refractivity contribution in [3.8, 4) is 0 Å². The van der Waals surface area contributed by atoms with Crippen LogP contribution < -0.4 is 9.80 Å². The van der Waals surface area contributed by atoms with Crippen molar-refractivity contribution >= 4 is 34.6 Å². The van der Waals surface area contributed by atoms with Gasteiger partial charge in [0.2, 0.25) is 11.7 Å². The van der Waals surface area contributed by atoms with Crippen LogP contribution in [0.4, 0.5) is 24.9 Å². The van der Waals surface area contributed by atoms with Gasteiger partial charge in [0.25, 0.3) is 5.91 Å². The topological polar surface area (TPSA) is 96.7 Å². The van der Waals surface area contributed by atoms with Gasteiger partial charge in [-0.15, -0.1) is 0 Å². The predicted octanol–water partition coefficient (Wildman–Crippen LogP) is 0.463. The van der Waals surface area contributed by atoms with Crippen molar-refractivity contribution in [2.24, 2.45) is 0 Å². The molecule has 0 spiro atoms. The summed E-state index contributed by atoms with van der Waals surface area (Å²) >= 11 is 0. The fourth-order valence-corrected chi connectivity index (χ4v) is 3.82. The van der Waals surface area contributed by atoms with Crippen molar-refractivity contribution in [3.05, 3.63) is 6.33 Å². The Morgan fingerprint density at radius 1 is 1.03 bits per heavy atom. The third-order valence-electron chi connectivity index (χ3n) is 5.29. The number of morpholine rings is 1. The van der Waals surface area contributed by atoms with Gasteiger partial charge in [-0.25, -0.2) is 15.0 Å². The third-order valence-corrected chi connectivity index (χ3v) is 5.29. The molecule has 13 heteroatoms. The highest BCUT2D eigenvalue weighted by atomic mass is 19.4. The van der Waals surface area contributed by atoms with Gasteiger partial charge in [0.15, 0.2) is 17.0 Å². The SMILES string of the molecule is CC(=O)C(=O)N1CCN(c2nc3c(N4CCOCC4)ncnc3n2CC(F)(F)F)CC1. The van der Waals surface area contributed by atoms with Crippen LogP contribution in [0, 0.1) is 0 Å². The van der Waals surface area contributed by atoms with E-state index in [2.05, 4.69) is 15.0 Å². The normalized spacial score (nSPS) is 18.0. The van der Waals surface area contributed by atoms with Crippen molar-refractivity contribution in [2.75, 3.05) is 62.3 Å². The number of carbonyl (C=O) groups is 2. The molecule has 2 saturated heterocycles. The number of amides is 1. The van der Waals surface area contributed by atoms with Crippen molar-refractivity contribution in [3.63, 3.8) is 0 Å². The zero-order valence-electron chi connectivity index (χ0n) is 16.9. The van der Waals surface area contributed by atoms with Crippen LogP contribution in [-0.4, -0.2) is 94.8 Å². The van der Waals surface area contributed by atoms with E-state index in [9.17, 15) is 22.8 Å². The summed E-state index contributed by atoms with van der Waals surface area (Å²) in [5, 5.41) is 0. The van der Waals surface area contributed by atoms with Gasteiger partial charge >= 0.3 is 6.18 Å². The second-order valence-electron chi connectivity index (χ2n) is 7.42. The number of halogens is 3. The Hall–Kier alpha value is -2.96. The number of hydrogen-bond acceptors (Lipinski definition) is 8. The lowest BCUT2D eigenvalue weighted by Gasteiger charge is -2.35. The largest absolute Gasteiger partial charge is 0.406 e. The van der Waals surface area contributed by atoms with Crippen molar-refractivity contribution < 1.29 is 27.5 Å². The molecule has 0 saturated carbocycles. The molecule has 0 aliphatic carbocycles. The minimum absolute atomic E-state index is 0.103. The molecule has 2 fully saturated rings. The van der Waals surface area contributed by atoms with E-state index in [1.807, 2.05) is 4.90 Å². The Labute approximate surface area is 175 Å². The number of ketones is 1. The molecule has 31 heavy (non-hydrogen) atoms. The lowest BCUT2D eigenvalue weighted by Crippen LogP contribution is -2.51. The van der Waals surface area contributed by atoms with Gasteiger partial charge in [-0.05, 0) is 0 Å². The number of ether oxygens (including phenoxy) is 1. The first-order valence-electron chi connectivity index (χ1n) is 9.90. The number of alkyl halides is 3. The molecule has 2 aromatic rings. The fraction of sp³-hybridized carbons (Fsp3) is 0.611. The van der Waals surface area contributed by atoms with Crippen LogP contribution in [0.1, 0.15) is 6.92 Å². The van der Waals surface area contributed by atoms with Crippen LogP contribution in [0.15, 0.2) is 6.33 Å². The van der Waals surface area contributed by atoms with Gasteiger partial charge < -0.3 is 19.4 Å². The number of fused-ring (bicyclic) bond motifs is 1. The quantitative estimate of drug-likeness (QED) is 0.632. The molecule has 168 valence electrons. The molecule has 1 amide bonds. The first-order valence-corrected chi connectivity index (χ1v) is 9.90. The van der Waals surface area contributed by atoms with E-state index < -0.39 is 24.4 Å². The van der Waals surface area contributed by atoms with Gasteiger partial charge in [-0.2, -0.15) is 13.2 Å². The fourth-order valence-electron chi connectivity index (χ4n) is 3.82. The van der Waals surface area contributed by atoms with Gasteiger partial charge in [0.1, 0.15) is 12.9 Å². The van der Waals surface area contributed by atoms with Gasteiger partial charge in [-0.1, -0.05) is 0 Å². The molecule has 0 unspecified atom stereocenters. The summed E-state index contributed by atoms with van der Waals surface area (Å²) in [5.74, 6) is -0.565.